The van der Waals surface area contributed by atoms with E-state index in [4.69, 9.17) is 0 Å². The molecule has 0 aliphatic carbocycles. The fourth-order valence-corrected chi connectivity index (χ4v) is 2.13. The van der Waals surface area contributed by atoms with Gasteiger partial charge in [0.2, 0.25) is 5.88 Å². The molecule has 0 spiro atoms. The molecule has 0 aliphatic rings. The number of aryl methyl sites for hydroxylation is 1. The molecule has 7 nitrogen and oxygen atoms in total. The summed E-state index contributed by atoms with van der Waals surface area (Å²) in [5, 5.41) is 14.2. The van der Waals surface area contributed by atoms with Crippen LogP contribution in [0.2, 0.25) is 0 Å². The zero-order valence-electron chi connectivity index (χ0n) is 11.5. The van der Waals surface area contributed by atoms with Gasteiger partial charge < -0.3 is 5.11 Å². The largest absolute Gasteiger partial charge is 0.494 e. The summed E-state index contributed by atoms with van der Waals surface area (Å²) in [6.07, 6.45) is 4.13. The number of nitrogens with one attached hydrogen (secondary N) is 1. The number of aromatic nitrogens is 4. The van der Waals surface area contributed by atoms with Crippen molar-refractivity contribution < 1.29 is 5.11 Å². The molecule has 0 aromatic carbocycles. The summed E-state index contributed by atoms with van der Waals surface area (Å²) in [5.41, 5.74) is -0.869. The van der Waals surface area contributed by atoms with Gasteiger partial charge in [0.25, 0.3) is 5.56 Å². The molecule has 0 bridgehead atoms. The molecule has 0 fully saturated rings. The number of nitrogens with zero attached hydrogens (tertiary/aromatic N) is 3. The van der Waals surface area contributed by atoms with Crippen LogP contribution in [0.5, 0.6) is 5.88 Å². The lowest BCUT2D eigenvalue weighted by molar-refractivity contribution is 0.379. The zero-order valence-corrected chi connectivity index (χ0v) is 11.5. The first-order chi connectivity index (χ1) is 9.50. The second-order valence-electron chi connectivity index (χ2n) is 4.93. The van der Waals surface area contributed by atoms with E-state index >= 15 is 0 Å². The van der Waals surface area contributed by atoms with Gasteiger partial charge >= 0.3 is 5.69 Å². The summed E-state index contributed by atoms with van der Waals surface area (Å²) in [4.78, 5) is 25.7. The molecule has 7 heteroatoms. The summed E-state index contributed by atoms with van der Waals surface area (Å²) in [7, 11) is 0. The summed E-state index contributed by atoms with van der Waals surface area (Å²) in [6.45, 7) is 4.54. The lowest BCUT2D eigenvalue weighted by atomic mass is 10.1. The van der Waals surface area contributed by atoms with Crippen LogP contribution in [0.25, 0.3) is 0 Å². The highest BCUT2D eigenvalue weighted by molar-refractivity contribution is 5.25. The minimum Gasteiger partial charge on any atom is -0.494 e. The summed E-state index contributed by atoms with van der Waals surface area (Å²) < 4.78 is 2.94. The number of hydrogen-bond donors (Lipinski definition) is 2. The molecule has 2 rings (SSSR count). The molecule has 108 valence electrons. The van der Waals surface area contributed by atoms with Crippen molar-refractivity contribution in [3.63, 3.8) is 0 Å². The van der Waals surface area contributed by atoms with E-state index in [-0.39, 0.29) is 17.4 Å². The van der Waals surface area contributed by atoms with Gasteiger partial charge in [-0.15, -0.1) is 0 Å². The van der Waals surface area contributed by atoms with Crippen LogP contribution in [0, 0.1) is 0 Å². The van der Waals surface area contributed by atoms with Gasteiger partial charge in [0.1, 0.15) is 0 Å². The average molecular weight is 278 g/mol. The van der Waals surface area contributed by atoms with Crippen LogP contribution in [0.1, 0.15) is 31.7 Å². The van der Waals surface area contributed by atoms with E-state index in [0.29, 0.717) is 19.5 Å². The number of H-pyrrole nitrogens is 1. The van der Waals surface area contributed by atoms with Crippen molar-refractivity contribution in [2.24, 2.45) is 0 Å². The highest BCUT2D eigenvalue weighted by Crippen LogP contribution is 2.19. The van der Waals surface area contributed by atoms with Crippen molar-refractivity contribution in [3.05, 3.63) is 44.9 Å². The summed E-state index contributed by atoms with van der Waals surface area (Å²) in [6, 6.07) is 1.82. The Morgan fingerprint density at radius 2 is 2.10 bits per heavy atom. The van der Waals surface area contributed by atoms with Crippen LogP contribution in [0.4, 0.5) is 0 Å². The predicted molar refractivity (Wildman–Crippen MR) is 73.9 cm³/mol. The molecule has 0 radical (unpaired) electrons. The molecule has 0 amide bonds. The van der Waals surface area contributed by atoms with Crippen LogP contribution < -0.4 is 11.2 Å². The van der Waals surface area contributed by atoms with Gasteiger partial charge in [-0.05, 0) is 18.4 Å². The number of aromatic hydroxyl groups is 1. The fraction of sp³-hybridized carbons (Fsp3) is 0.462. The molecular formula is C13H18N4O3. The maximum Gasteiger partial charge on any atom is 0.331 e. The third-order valence-electron chi connectivity index (χ3n) is 3.11. The Morgan fingerprint density at radius 1 is 1.35 bits per heavy atom. The smallest absolute Gasteiger partial charge is 0.331 e. The van der Waals surface area contributed by atoms with Crippen LogP contribution in [0.3, 0.4) is 0 Å². The maximum absolute atomic E-state index is 11.8. The van der Waals surface area contributed by atoms with Crippen molar-refractivity contribution in [1.29, 1.82) is 0 Å². The van der Waals surface area contributed by atoms with Gasteiger partial charge in [-0.2, -0.15) is 5.10 Å². The van der Waals surface area contributed by atoms with Gasteiger partial charge in [0.05, 0.1) is 5.56 Å². The summed E-state index contributed by atoms with van der Waals surface area (Å²) in [5.74, 6) is -0.397. The minimum atomic E-state index is -0.586. The van der Waals surface area contributed by atoms with Gasteiger partial charge in [0.15, 0.2) is 0 Å². The summed E-state index contributed by atoms with van der Waals surface area (Å²) >= 11 is 0. The molecular weight excluding hydrogens is 260 g/mol. The number of rotatable bonds is 5. The highest BCUT2D eigenvalue weighted by atomic mass is 16.3. The van der Waals surface area contributed by atoms with E-state index in [1.165, 1.54) is 4.57 Å². The quantitative estimate of drug-likeness (QED) is 0.840. The van der Waals surface area contributed by atoms with Crippen LogP contribution in [-0.2, 0) is 13.1 Å². The van der Waals surface area contributed by atoms with E-state index < -0.39 is 11.2 Å². The van der Waals surface area contributed by atoms with E-state index in [2.05, 4.69) is 10.1 Å². The van der Waals surface area contributed by atoms with E-state index in [1.807, 2.05) is 12.3 Å². The molecule has 20 heavy (non-hydrogen) atoms. The predicted octanol–water partition coefficient (Wildman–Crippen LogP) is 0.652. The Balaban J connectivity index is 2.21. The molecule has 2 aromatic heterocycles. The molecule has 2 aromatic rings. The Bertz CT molecular complexity index is 683. The first-order valence-electron chi connectivity index (χ1n) is 6.54. The normalized spacial score (nSPS) is 11.2. The van der Waals surface area contributed by atoms with Crippen LogP contribution in [-0.4, -0.2) is 24.4 Å². The lowest BCUT2D eigenvalue weighted by Gasteiger charge is -2.13. The van der Waals surface area contributed by atoms with Gasteiger partial charge in [-0.25, -0.2) is 4.79 Å². The van der Waals surface area contributed by atoms with Crippen LogP contribution >= 0.6 is 0 Å². The number of hydrogen-bond acceptors (Lipinski definition) is 4. The Labute approximate surface area is 115 Å². The highest BCUT2D eigenvalue weighted by Gasteiger charge is 2.16. The Hall–Kier alpha value is -2.31. The minimum absolute atomic E-state index is 0.156. The average Bonchev–Trinajstić information content (AvgIpc) is 2.85. The van der Waals surface area contributed by atoms with Gasteiger partial charge in [-0.3, -0.25) is 19.0 Å². The van der Waals surface area contributed by atoms with E-state index in [0.717, 1.165) is 0 Å². The third-order valence-corrected chi connectivity index (χ3v) is 3.11. The number of aromatic amines is 1. The van der Waals surface area contributed by atoms with Crippen molar-refractivity contribution in [2.45, 2.75) is 39.3 Å². The molecule has 2 heterocycles. The Kier molecular flexibility index (Phi) is 4.07. The molecule has 0 unspecified atom stereocenters. The monoisotopic (exact) mass is 278 g/mol. The molecule has 0 aliphatic heterocycles. The lowest BCUT2D eigenvalue weighted by Crippen LogP contribution is -2.33. The first kappa shape index (κ1) is 14.1. The fourth-order valence-electron chi connectivity index (χ4n) is 2.13. The van der Waals surface area contributed by atoms with Gasteiger partial charge in [0, 0.05) is 25.5 Å². The van der Waals surface area contributed by atoms with Crippen molar-refractivity contribution in [2.75, 3.05) is 0 Å². The topological polar surface area (TPSA) is 92.9 Å². The zero-order chi connectivity index (χ0) is 14.7. The van der Waals surface area contributed by atoms with Crippen molar-refractivity contribution in [3.8, 4) is 5.88 Å². The Morgan fingerprint density at radius 3 is 2.70 bits per heavy atom. The standard InChI is InChI=1S/C13H18N4O3/c1-9(2)10-11(18)15-13(20)17(12(10)19)8-4-7-16-6-3-5-14-16/h3,5-6,9,19H,4,7-8H2,1-2H3,(H,15,18,20). The van der Waals surface area contributed by atoms with Crippen LogP contribution in [0.15, 0.2) is 28.0 Å². The van der Waals surface area contributed by atoms with E-state index in [1.54, 1.807) is 24.7 Å². The molecule has 0 saturated carbocycles. The SMILES string of the molecule is CC(C)c1c(O)n(CCCn2cccn2)c(=O)[nH]c1=O. The maximum atomic E-state index is 11.8. The molecule has 0 atom stereocenters. The molecule has 2 N–H and O–H groups in total. The van der Waals surface area contributed by atoms with Crippen molar-refractivity contribution >= 4 is 0 Å². The third kappa shape index (κ3) is 2.81. The van der Waals surface area contributed by atoms with Gasteiger partial charge in [-0.1, -0.05) is 13.8 Å². The van der Waals surface area contributed by atoms with Crippen molar-refractivity contribution in [1.82, 2.24) is 19.3 Å². The second kappa shape index (κ2) is 5.77. The molecule has 0 saturated heterocycles. The van der Waals surface area contributed by atoms with E-state index in [9.17, 15) is 14.7 Å². The first-order valence-corrected chi connectivity index (χ1v) is 6.54. The second-order valence-corrected chi connectivity index (χ2v) is 4.93.